The van der Waals surface area contributed by atoms with E-state index >= 15 is 0 Å². The Labute approximate surface area is 146 Å². The molecule has 3 rings (SSSR count). The van der Waals surface area contributed by atoms with Crippen LogP contribution in [0.4, 0.5) is 0 Å². The van der Waals surface area contributed by atoms with E-state index in [1.807, 2.05) is 53.8 Å². The Bertz CT molecular complexity index is 697. The van der Waals surface area contributed by atoms with Crippen LogP contribution in [0.5, 0.6) is 5.75 Å². The molecule has 1 aliphatic rings. The number of aliphatic hydroxyl groups excluding tert-OH is 1. The number of amides is 1. The van der Waals surface area contributed by atoms with Gasteiger partial charge in [-0.1, -0.05) is 19.9 Å². The molecular formula is C19H23NO3S. The van der Waals surface area contributed by atoms with Crippen LogP contribution >= 0.6 is 11.3 Å². The van der Waals surface area contributed by atoms with Gasteiger partial charge in [0.2, 0.25) is 5.91 Å². The molecule has 0 bridgehead atoms. The average Bonchev–Trinajstić information content (AvgIpc) is 2.97. The van der Waals surface area contributed by atoms with E-state index in [-0.39, 0.29) is 11.8 Å². The van der Waals surface area contributed by atoms with Gasteiger partial charge in [-0.3, -0.25) is 4.79 Å². The van der Waals surface area contributed by atoms with E-state index in [0.717, 1.165) is 22.4 Å². The lowest BCUT2D eigenvalue weighted by Gasteiger charge is -2.21. The van der Waals surface area contributed by atoms with Crippen molar-refractivity contribution in [2.75, 3.05) is 13.2 Å². The summed E-state index contributed by atoms with van der Waals surface area (Å²) in [5.41, 5.74) is 2.89. The summed E-state index contributed by atoms with van der Waals surface area (Å²) >= 11 is 1.61. The minimum Gasteiger partial charge on any atom is -0.491 e. The minimum absolute atomic E-state index is 0.111. The molecule has 1 atom stereocenters. The van der Waals surface area contributed by atoms with Crippen molar-refractivity contribution in [3.63, 3.8) is 0 Å². The van der Waals surface area contributed by atoms with Crippen LogP contribution in [0, 0.1) is 5.92 Å². The summed E-state index contributed by atoms with van der Waals surface area (Å²) in [5.74, 6) is 1.06. The molecule has 1 aromatic carbocycles. The Kier molecular flexibility index (Phi) is 5.21. The van der Waals surface area contributed by atoms with Crippen LogP contribution in [-0.4, -0.2) is 29.1 Å². The summed E-state index contributed by atoms with van der Waals surface area (Å²) in [5, 5.41) is 14.3. The highest BCUT2D eigenvalue weighted by Gasteiger charge is 2.22. The molecule has 4 nitrogen and oxygen atoms in total. The number of thiophene rings is 1. The van der Waals surface area contributed by atoms with Gasteiger partial charge in [-0.2, -0.15) is 11.3 Å². The van der Waals surface area contributed by atoms with Gasteiger partial charge in [0.1, 0.15) is 12.4 Å². The Morgan fingerprint density at radius 3 is 2.92 bits per heavy atom. The van der Waals surface area contributed by atoms with E-state index in [9.17, 15) is 9.90 Å². The van der Waals surface area contributed by atoms with Crippen molar-refractivity contribution < 1.29 is 14.6 Å². The average molecular weight is 345 g/mol. The predicted molar refractivity (Wildman–Crippen MR) is 95.2 cm³/mol. The molecule has 1 unspecified atom stereocenters. The third kappa shape index (κ3) is 3.79. The molecule has 1 aliphatic heterocycles. The summed E-state index contributed by atoms with van der Waals surface area (Å²) < 4.78 is 5.79. The van der Waals surface area contributed by atoms with E-state index in [2.05, 4.69) is 0 Å². The summed E-state index contributed by atoms with van der Waals surface area (Å²) in [6, 6.07) is 7.77. The van der Waals surface area contributed by atoms with Crippen LogP contribution in [0.1, 0.15) is 36.6 Å². The van der Waals surface area contributed by atoms with Crippen molar-refractivity contribution in [2.45, 2.75) is 32.9 Å². The minimum atomic E-state index is -0.506. The summed E-state index contributed by atoms with van der Waals surface area (Å²) in [6.07, 6.45) is -0.0823. The van der Waals surface area contributed by atoms with Crippen molar-refractivity contribution in [3.8, 4) is 5.75 Å². The van der Waals surface area contributed by atoms with Gasteiger partial charge < -0.3 is 14.7 Å². The van der Waals surface area contributed by atoms with Crippen molar-refractivity contribution in [3.05, 3.63) is 51.7 Å². The topological polar surface area (TPSA) is 49.8 Å². The van der Waals surface area contributed by atoms with Gasteiger partial charge in [-0.05, 0) is 46.0 Å². The van der Waals surface area contributed by atoms with Crippen LogP contribution in [0.2, 0.25) is 0 Å². The van der Waals surface area contributed by atoms with Gasteiger partial charge >= 0.3 is 0 Å². The number of benzene rings is 1. The first-order valence-corrected chi connectivity index (χ1v) is 9.21. The van der Waals surface area contributed by atoms with Gasteiger partial charge in [-0.25, -0.2) is 0 Å². The molecule has 0 radical (unpaired) electrons. The fourth-order valence-corrected chi connectivity index (χ4v) is 3.54. The number of aliphatic hydroxyl groups is 1. The van der Waals surface area contributed by atoms with Crippen LogP contribution < -0.4 is 4.74 Å². The molecule has 0 aliphatic carbocycles. The molecule has 2 heterocycles. The van der Waals surface area contributed by atoms with Crippen molar-refractivity contribution in [1.82, 2.24) is 4.90 Å². The first kappa shape index (κ1) is 17.0. The molecule has 5 heteroatoms. The fraction of sp³-hybridized carbons (Fsp3) is 0.421. The highest BCUT2D eigenvalue weighted by atomic mass is 32.1. The predicted octanol–water partition coefficient (Wildman–Crippen LogP) is 3.40. The number of nitrogens with zero attached hydrogens (tertiary/aromatic N) is 1. The largest absolute Gasteiger partial charge is 0.491 e. The van der Waals surface area contributed by atoms with Crippen LogP contribution in [0.3, 0.4) is 0 Å². The number of fused-ring (bicyclic) bond motifs is 1. The third-order valence-electron chi connectivity index (χ3n) is 4.33. The lowest BCUT2D eigenvalue weighted by Crippen LogP contribution is -2.33. The fourth-order valence-electron chi connectivity index (χ4n) is 2.88. The summed E-state index contributed by atoms with van der Waals surface area (Å²) in [7, 11) is 0. The van der Waals surface area contributed by atoms with E-state index in [4.69, 9.17) is 4.74 Å². The molecule has 0 saturated heterocycles. The zero-order chi connectivity index (χ0) is 17.1. The summed E-state index contributed by atoms with van der Waals surface area (Å²) in [6.45, 7) is 5.58. The summed E-state index contributed by atoms with van der Waals surface area (Å²) in [4.78, 5) is 14.4. The molecule has 2 aromatic rings. The number of carbonyl (C=O) groups is 1. The monoisotopic (exact) mass is 345 g/mol. The highest BCUT2D eigenvalue weighted by molar-refractivity contribution is 7.08. The SMILES string of the molecule is CC(C)C(O)c1ccc2c(c1)CN(C(=O)Cc1ccsc1)CCO2. The Morgan fingerprint density at radius 2 is 2.21 bits per heavy atom. The number of hydrogen-bond donors (Lipinski definition) is 1. The highest BCUT2D eigenvalue weighted by Crippen LogP contribution is 2.29. The quantitative estimate of drug-likeness (QED) is 0.924. The van der Waals surface area contributed by atoms with Gasteiger partial charge in [0, 0.05) is 12.1 Å². The zero-order valence-electron chi connectivity index (χ0n) is 14.1. The zero-order valence-corrected chi connectivity index (χ0v) is 14.9. The smallest absolute Gasteiger partial charge is 0.227 e. The van der Waals surface area contributed by atoms with Gasteiger partial charge in [-0.15, -0.1) is 0 Å². The van der Waals surface area contributed by atoms with Gasteiger partial charge in [0.15, 0.2) is 0 Å². The lowest BCUT2D eigenvalue weighted by atomic mass is 9.97. The first-order chi connectivity index (χ1) is 11.5. The van der Waals surface area contributed by atoms with E-state index in [1.54, 1.807) is 11.3 Å². The van der Waals surface area contributed by atoms with E-state index in [0.29, 0.717) is 26.1 Å². The third-order valence-corrected chi connectivity index (χ3v) is 5.06. The maximum atomic E-state index is 12.6. The van der Waals surface area contributed by atoms with Crippen LogP contribution in [0.15, 0.2) is 35.0 Å². The molecule has 1 amide bonds. The van der Waals surface area contributed by atoms with Crippen molar-refractivity contribution in [1.29, 1.82) is 0 Å². The molecule has 1 aromatic heterocycles. The standard InChI is InChI=1S/C19H23NO3S/c1-13(2)19(22)15-3-4-17-16(10-15)11-20(6-7-23-17)18(21)9-14-5-8-24-12-14/h3-5,8,10,12-13,19,22H,6-7,9,11H2,1-2H3. The number of ether oxygens (including phenoxy) is 1. The number of hydrogen-bond acceptors (Lipinski definition) is 4. The van der Waals surface area contributed by atoms with Crippen molar-refractivity contribution in [2.24, 2.45) is 5.92 Å². The first-order valence-electron chi connectivity index (χ1n) is 8.27. The number of carbonyl (C=O) groups excluding carboxylic acids is 1. The second kappa shape index (κ2) is 7.36. The van der Waals surface area contributed by atoms with Crippen LogP contribution in [0.25, 0.3) is 0 Å². The number of rotatable bonds is 4. The Hall–Kier alpha value is -1.85. The van der Waals surface area contributed by atoms with Gasteiger partial charge in [0.05, 0.1) is 19.1 Å². The molecule has 1 N–H and O–H groups in total. The normalized spacial score (nSPS) is 15.6. The Morgan fingerprint density at radius 1 is 1.38 bits per heavy atom. The van der Waals surface area contributed by atoms with Crippen molar-refractivity contribution >= 4 is 17.2 Å². The second-order valence-corrected chi connectivity index (χ2v) is 7.31. The molecule has 128 valence electrons. The molecule has 0 spiro atoms. The van der Waals surface area contributed by atoms with Gasteiger partial charge in [0.25, 0.3) is 0 Å². The molecular weight excluding hydrogens is 322 g/mol. The van der Waals surface area contributed by atoms with E-state index < -0.39 is 6.10 Å². The maximum absolute atomic E-state index is 12.6. The maximum Gasteiger partial charge on any atom is 0.227 e. The molecule has 24 heavy (non-hydrogen) atoms. The molecule has 0 saturated carbocycles. The lowest BCUT2D eigenvalue weighted by molar-refractivity contribution is -0.131. The Balaban J connectivity index is 1.78. The second-order valence-electron chi connectivity index (χ2n) is 6.53. The van der Waals surface area contributed by atoms with E-state index in [1.165, 1.54) is 0 Å². The van der Waals surface area contributed by atoms with Crippen LogP contribution in [-0.2, 0) is 17.8 Å². The molecule has 0 fully saturated rings.